The second-order valence-corrected chi connectivity index (χ2v) is 7.57. The molecule has 0 unspecified atom stereocenters. The lowest BCUT2D eigenvalue weighted by molar-refractivity contribution is -0.145. The Bertz CT molecular complexity index is 776. The van der Waals surface area contributed by atoms with Gasteiger partial charge in [-0.15, -0.1) is 0 Å². The van der Waals surface area contributed by atoms with Gasteiger partial charge in [0.15, 0.2) is 0 Å². The highest BCUT2D eigenvalue weighted by Gasteiger charge is 2.40. The van der Waals surface area contributed by atoms with Crippen molar-refractivity contribution in [1.29, 1.82) is 0 Å². The number of amides is 1. The molecular weight excluding hydrogens is 354 g/mol. The highest BCUT2D eigenvalue weighted by molar-refractivity contribution is 5.75. The zero-order valence-electron chi connectivity index (χ0n) is 16.3. The second kappa shape index (κ2) is 9.40. The Balaban J connectivity index is 1.56. The molecule has 1 N–H and O–H groups in total. The van der Waals surface area contributed by atoms with Crippen molar-refractivity contribution in [2.24, 2.45) is 11.8 Å². The maximum atomic E-state index is 12.3. The monoisotopic (exact) mass is 381 g/mol. The summed E-state index contributed by atoms with van der Waals surface area (Å²) in [6.45, 7) is 4.21. The number of cyclic esters (lactones) is 1. The molecule has 1 aliphatic heterocycles. The summed E-state index contributed by atoms with van der Waals surface area (Å²) in [4.78, 5) is 24.6. The van der Waals surface area contributed by atoms with Crippen molar-refractivity contribution >= 4 is 12.1 Å². The summed E-state index contributed by atoms with van der Waals surface area (Å²) in [7, 11) is 0. The number of nitrogens with one attached hydrogen (secondary N) is 1. The fourth-order valence-electron chi connectivity index (χ4n) is 3.55. The van der Waals surface area contributed by atoms with Crippen molar-refractivity contribution in [2.45, 2.75) is 45.4 Å². The predicted molar refractivity (Wildman–Crippen MR) is 107 cm³/mol. The SMILES string of the molecule is CC(C)[C@H](NC(=O)OCc1ccccc1)[C@@H]1C[C@@H](Cc2ccccc2)C(=O)O1. The van der Waals surface area contributed by atoms with Crippen LogP contribution in [-0.2, 0) is 27.3 Å². The molecule has 2 aromatic rings. The molecular formula is C23H27NO4. The summed E-state index contributed by atoms with van der Waals surface area (Å²) in [5, 5.41) is 2.90. The van der Waals surface area contributed by atoms with Crippen LogP contribution in [0.3, 0.4) is 0 Å². The third-order valence-corrected chi connectivity index (χ3v) is 5.06. The summed E-state index contributed by atoms with van der Waals surface area (Å²) >= 11 is 0. The van der Waals surface area contributed by atoms with Gasteiger partial charge in [0.05, 0.1) is 12.0 Å². The second-order valence-electron chi connectivity index (χ2n) is 7.57. The van der Waals surface area contributed by atoms with Gasteiger partial charge in [-0.25, -0.2) is 4.79 Å². The van der Waals surface area contributed by atoms with E-state index in [0.717, 1.165) is 11.1 Å². The topological polar surface area (TPSA) is 64.6 Å². The molecule has 0 spiro atoms. The Labute approximate surface area is 166 Å². The number of esters is 1. The van der Waals surface area contributed by atoms with Gasteiger partial charge >= 0.3 is 12.1 Å². The maximum absolute atomic E-state index is 12.3. The molecule has 1 saturated heterocycles. The molecule has 1 heterocycles. The molecule has 0 saturated carbocycles. The standard InChI is InChI=1S/C23H27NO4/c1-16(2)21(24-23(26)27-15-18-11-7-4-8-12-18)20-14-19(22(25)28-20)13-17-9-5-3-6-10-17/h3-12,16,19-21H,13-15H2,1-2H3,(H,24,26)/t19-,20+,21+/m1/s1. The maximum Gasteiger partial charge on any atom is 0.407 e. The quantitative estimate of drug-likeness (QED) is 0.733. The zero-order valence-corrected chi connectivity index (χ0v) is 16.3. The van der Waals surface area contributed by atoms with E-state index in [2.05, 4.69) is 5.32 Å². The minimum absolute atomic E-state index is 0.109. The molecule has 3 rings (SSSR count). The van der Waals surface area contributed by atoms with E-state index in [-0.39, 0.29) is 36.6 Å². The van der Waals surface area contributed by atoms with Crippen LogP contribution < -0.4 is 5.32 Å². The number of rotatable bonds is 7. The summed E-state index contributed by atoms with van der Waals surface area (Å²) in [5.41, 5.74) is 2.04. The predicted octanol–water partition coefficient (Wildman–Crippen LogP) is 4.11. The smallest absolute Gasteiger partial charge is 0.407 e. The van der Waals surface area contributed by atoms with E-state index in [1.165, 1.54) is 0 Å². The molecule has 5 nitrogen and oxygen atoms in total. The third kappa shape index (κ3) is 5.35. The van der Waals surface area contributed by atoms with Crippen LogP contribution in [0.15, 0.2) is 60.7 Å². The van der Waals surface area contributed by atoms with Crippen LogP contribution in [0.1, 0.15) is 31.4 Å². The van der Waals surface area contributed by atoms with E-state index in [9.17, 15) is 9.59 Å². The fourth-order valence-corrected chi connectivity index (χ4v) is 3.55. The lowest BCUT2D eigenvalue weighted by atomic mass is 9.90. The summed E-state index contributed by atoms with van der Waals surface area (Å²) < 4.78 is 11.0. The Kier molecular flexibility index (Phi) is 6.69. The van der Waals surface area contributed by atoms with Gasteiger partial charge in [0.25, 0.3) is 0 Å². The van der Waals surface area contributed by atoms with Gasteiger partial charge in [0, 0.05) is 6.42 Å². The number of benzene rings is 2. The molecule has 0 aromatic heterocycles. The van der Waals surface area contributed by atoms with Crippen molar-refractivity contribution in [2.75, 3.05) is 0 Å². The number of carbonyl (C=O) groups is 2. The molecule has 148 valence electrons. The minimum atomic E-state index is -0.495. The van der Waals surface area contributed by atoms with Gasteiger partial charge in [-0.1, -0.05) is 74.5 Å². The Morgan fingerprint density at radius 3 is 2.29 bits per heavy atom. The van der Waals surface area contributed by atoms with Gasteiger partial charge < -0.3 is 14.8 Å². The largest absolute Gasteiger partial charge is 0.460 e. The lowest BCUT2D eigenvalue weighted by Gasteiger charge is -2.26. The summed E-state index contributed by atoms with van der Waals surface area (Å²) in [5.74, 6) is -0.271. The van der Waals surface area contributed by atoms with E-state index < -0.39 is 6.09 Å². The van der Waals surface area contributed by atoms with Crippen molar-refractivity contribution in [3.05, 3.63) is 71.8 Å². The first-order valence-corrected chi connectivity index (χ1v) is 9.74. The first-order valence-electron chi connectivity index (χ1n) is 9.74. The molecule has 1 amide bonds. The van der Waals surface area contributed by atoms with Crippen LogP contribution >= 0.6 is 0 Å². The first-order chi connectivity index (χ1) is 13.5. The molecule has 28 heavy (non-hydrogen) atoms. The molecule has 1 fully saturated rings. The number of hydrogen-bond acceptors (Lipinski definition) is 4. The van der Waals surface area contributed by atoms with E-state index in [0.29, 0.717) is 12.8 Å². The molecule has 3 atom stereocenters. The van der Waals surface area contributed by atoms with E-state index in [1.807, 2.05) is 74.5 Å². The molecule has 1 aliphatic rings. The van der Waals surface area contributed by atoms with Crippen molar-refractivity contribution in [3.8, 4) is 0 Å². The van der Waals surface area contributed by atoms with Gasteiger partial charge in [-0.3, -0.25) is 4.79 Å². The highest BCUT2D eigenvalue weighted by Crippen LogP contribution is 2.29. The Morgan fingerprint density at radius 1 is 1.07 bits per heavy atom. The van der Waals surface area contributed by atoms with Crippen molar-refractivity contribution < 1.29 is 19.1 Å². The first kappa shape index (κ1) is 19.9. The highest BCUT2D eigenvalue weighted by atomic mass is 16.6. The van der Waals surface area contributed by atoms with Crippen LogP contribution in [0.25, 0.3) is 0 Å². The molecule has 0 aliphatic carbocycles. The van der Waals surface area contributed by atoms with Gasteiger partial charge in [0.1, 0.15) is 12.7 Å². The van der Waals surface area contributed by atoms with Gasteiger partial charge in [-0.2, -0.15) is 0 Å². The number of ether oxygens (including phenoxy) is 2. The Morgan fingerprint density at radius 2 is 1.68 bits per heavy atom. The molecule has 2 aromatic carbocycles. The summed E-state index contributed by atoms with van der Waals surface area (Å²) in [6.07, 6.45) is 0.408. The molecule has 0 bridgehead atoms. The average molecular weight is 381 g/mol. The zero-order chi connectivity index (χ0) is 19.9. The van der Waals surface area contributed by atoms with Crippen LogP contribution in [-0.4, -0.2) is 24.2 Å². The van der Waals surface area contributed by atoms with Gasteiger partial charge in [0.2, 0.25) is 0 Å². The lowest BCUT2D eigenvalue weighted by Crippen LogP contribution is -2.46. The summed E-state index contributed by atoms with van der Waals surface area (Å²) in [6, 6.07) is 19.2. The number of carbonyl (C=O) groups excluding carboxylic acids is 2. The van der Waals surface area contributed by atoms with Crippen LogP contribution in [0.5, 0.6) is 0 Å². The van der Waals surface area contributed by atoms with Gasteiger partial charge in [-0.05, 0) is 23.5 Å². The van der Waals surface area contributed by atoms with Crippen LogP contribution in [0, 0.1) is 11.8 Å². The Hall–Kier alpha value is -2.82. The minimum Gasteiger partial charge on any atom is -0.460 e. The number of hydrogen-bond donors (Lipinski definition) is 1. The van der Waals surface area contributed by atoms with Crippen LogP contribution in [0.2, 0.25) is 0 Å². The van der Waals surface area contributed by atoms with Crippen molar-refractivity contribution in [1.82, 2.24) is 5.32 Å². The van der Waals surface area contributed by atoms with E-state index >= 15 is 0 Å². The normalized spacial score (nSPS) is 19.9. The third-order valence-electron chi connectivity index (χ3n) is 5.06. The van der Waals surface area contributed by atoms with Crippen molar-refractivity contribution in [3.63, 3.8) is 0 Å². The molecule has 0 radical (unpaired) electrons. The van der Waals surface area contributed by atoms with Crippen LogP contribution in [0.4, 0.5) is 4.79 Å². The average Bonchev–Trinajstić information content (AvgIpc) is 3.06. The van der Waals surface area contributed by atoms with E-state index in [4.69, 9.17) is 9.47 Å². The molecule has 5 heteroatoms. The van der Waals surface area contributed by atoms with E-state index in [1.54, 1.807) is 0 Å². The fraction of sp³-hybridized carbons (Fsp3) is 0.391. The number of alkyl carbamates (subject to hydrolysis) is 1.